The molecule has 0 atom stereocenters. The van der Waals surface area contributed by atoms with Gasteiger partial charge in [-0.15, -0.1) is 0 Å². The van der Waals surface area contributed by atoms with Crippen LogP contribution in [0.15, 0.2) is 24.4 Å². The highest BCUT2D eigenvalue weighted by atomic mass is 32.2. The highest BCUT2D eigenvalue weighted by molar-refractivity contribution is 7.88. The van der Waals surface area contributed by atoms with E-state index in [0.717, 1.165) is 35.6 Å². The number of anilines is 1. The van der Waals surface area contributed by atoms with Crippen molar-refractivity contribution < 1.29 is 8.42 Å². The molecule has 0 aromatic carbocycles. The number of hydrogen-bond acceptors (Lipinski definition) is 4. The molecular weight excluding hydrogens is 324 g/mol. The zero-order valence-corrected chi connectivity index (χ0v) is 15.5. The molecule has 0 radical (unpaired) electrons. The number of hydrogen-bond donors (Lipinski definition) is 0. The van der Waals surface area contributed by atoms with E-state index in [2.05, 4.69) is 28.5 Å². The summed E-state index contributed by atoms with van der Waals surface area (Å²) in [5.74, 6) is 1.10. The molecule has 1 aliphatic rings. The average molecular weight is 348 g/mol. The fourth-order valence-corrected chi connectivity index (χ4v) is 3.96. The summed E-state index contributed by atoms with van der Waals surface area (Å²) in [6.07, 6.45) is 7.00. The number of rotatable bonds is 4. The van der Waals surface area contributed by atoms with E-state index in [0.29, 0.717) is 13.1 Å². The first-order chi connectivity index (χ1) is 11.3. The van der Waals surface area contributed by atoms with Gasteiger partial charge in [-0.25, -0.2) is 13.4 Å². The van der Waals surface area contributed by atoms with Gasteiger partial charge in [0.1, 0.15) is 11.5 Å². The normalized spacial score (nSPS) is 16.4. The van der Waals surface area contributed by atoms with Crippen molar-refractivity contribution in [2.75, 3.05) is 38.3 Å². The van der Waals surface area contributed by atoms with Crippen LogP contribution in [-0.2, 0) is 16.4 Å². The second-order valence-corrected chi connectivity index (χ2v) is 8.36. The molecule has 6 nitrogen and oxygen atoms in total. The molecule has 0 amide bonds. The molecule has 3 heterocycles. The van der Waals surface area contributed by atoms with Crippen LogP contribution in [0.1, 0.15) is 24.6 Å². The lowest BCUT2D eigenvalue weighted by Gasteiger charge is -2.24. The Morgan fingerprint density at radius 2 is 2.04 bits per heavy atom. The molecule has 0 saturated heterocycles. The van der Waals surface area contributed by atoms with Crippen LogP contribution >= 0.6 is 0 Å². The number of imidazole rings is 1. The maximum Gasteiger partial charge on any atom is 0.211 e. The molecule has 2 aromatic rings. The highest BCUT2D eigenvalue weighted by Gasteiger charge is 2.21. The van der Waals surface area contributed by atoms with Crippen LogP contribution in [0.4, 0.5) is 5.82 Å². The van der Waals surface area contributed by atoms with Gasteiger partial charge >= 0.3 is 0 Å². The van der Waals surface area contributed by atoms with Crippen molar-refractivity contribution in [3.63, 3.8) is 0 Å². The third kappa shape index (κ3) is 3.06. The Kier molecular flexibility index (Phi) is 4.40. The molecule has 0 unspecified atom stereocenters. The summed E-state index contributed by atoms with van der Waals surface area (Å²) in [5.41, 5.74) is 4.33. The Bertz CT molecular complexity index is 897. The Morgan fingerprint density at radius 1 is 1.29 bits per heavy atom. The fraction of sp³-hybridized carbons (Fsp3) is 0.471. The number of aryl methyl sites for hydroxylation is 1. The first kappa shape index (κ1) is 17.0. The van der Waals surface area contributed by atoms with E-state index in [4.69, 9.17) is 4.98 Å². The molecule has 0 N–H and O–H groups in total. The van der Waals surface area contributed by atoms with Crippen LogP contribution in [0.3, 0.4) is 0 Å². The minimum Gasteiger partial charge on any atom is -0.362 e. The summed E-state index contributed by atoms with van der Waals surface area (Å²) in [6.45, 7) is 3.09. The second kappa shape index (κ2) is 6.22. The van der Waals surface area contributed by atoms with Crippen LogP contribution in [-0.4, -0.2) is 55.5 Å². The largest absolute Gasteiger partial charge is 0.362 e. The molecule has 0 spiro atoms. The quantitative estimate of drug-likeness (QED) is 0.848. The minimum atomic E-state index is -3.12. The zero-order chi connectivity index (χ0) is 17.5. The van der Waals surface area contributed by atoms with E-state index >= 15 is 0 Å². The van der Waals surface area contributed by atoms with Crippen molar-refractivity contribution >= 4 is 27.1 Å². The van der Waals surface area contributed by atoms with Gasteiger partial charge in [0.05, 0.1) is 11.9 Å². The van der Waals surface area contributed by atoms with Crippen molar-refractivity contribution in [3.8, 4) is 0 Å². The van der Waals surface area contributed by atoms with Crippen molar-refractivity contribution in [3.05, 3.63) is 35.7 Å². The number of nitrogens with zero attached hydrogens (tertiary/aromatic N) is 4. The van der Waals surface area contributed by atoms with Crippen LogP contribution in [0.25, 0.3) is 11.2 Å². The third-order valence-corrected chi connectivity index (χ3v) is 5.70. The van der Waals surface area contributed by atoms with Crippen LogP contribution in [0.2, 0.25) is 0 Å². The van der Waals surface area contributed by atoms with Gasteiger partial charge in [0.2, 0.25) is 10.0 Å². The molecule has 0 aliphatic carbocycles. The Balaban J connectivity index is 2.00. The second-order valence-electron chi connectivity index (χ2n) is 6.38. The minimum absolute atomic E-state index is 0.441. The fourth-order valence-electron chi connectivity index (χ4n) is 3.20. The van der Waals surface area contributed by atoms with Gasteiger partial charge in [-0.05, 0) is 36.1 Å². The van der Waals surface area contributed by atoms with E-state index in [1.807, 2.05) is 26.2 Å². The molecule has 1 aliphatic heterocycles. The lowest BCUT2D eigenvalue weighted by molar-refractivity contribution is 0.446. The number of sulfonamides is 1. The first-order valence-corrected chi connectivity index (χ1v) is 9.99. The van der Waals surface area contributed by atoms with E-state index in [9.17, 15) is 8.42 Å². The third-order valence-electron chi connectivity index (χ3n) is 4.43. The van der Waals surface area contributed by atoms with Crippen molar-refractivity contribution in [2.45, 2.75) is 19.8 Å². The van der Waals surface area contributed by atoms with E-state index < -0.39 is 10.0 Å². The molecule has 0 bridgehead atoms. The molecule has 2 aromatic heterocycles. The summed E-state index contributed by atoms with van der Waals surface area (Å²) in [4.78, 5) is 6.78. The van der Waals surface area contributed by atoms with Gasteiger partial charge in [-0.3, -0.25) is 4.40 Å². The maximum absolute atomic E-state index is 11.6. The first-order valence-electron chi connectivity index (χ1n) is 8.14. The highest BCUT2D eigenvalue weighted by Crippen LogP contribution is 2.27. The van der Waals surface area contributed by atoms with Crippen LogP contribution in [0, 0.1) is 0 Å². The number of pyridine rings is 1. The van der Waals surface area contributed by atoms with E-state index in [-0.39, 0.29) is 0 Å². The smallest absolute Gasteiger partial charge is 0.211 e. The molecule has 7 heteroatoms. The van der Waals surface area contributed by atoms with Crippen LogP contribution in [0.5, 0.6) is 0 Å². The Morgan fingerprint density at radius 3 is 2.58 bits per heavy atom. The van der Waals surface area contributed by atoms with Gasteiger partial charge in [0.15, 0.2) is 0 Å². The lowest BCUT2D eigenvalue weighted by Crippen LogP contribution is -2.33. The summed E-state index contributed by atoms with van der Waals surface area (Å²) in [7, 11) is 0.937. The van der Waals surface area contributed by atoms with E-state index in [1.165, 1.54) is 16.1 Å². The van der Waals surface area contributed by atoms with Crippen LogP contribution < -0.4 is 4.90 Å². The van der Waals surface area contributed by atoms with Gasteiger partial charge in [-0.1, -0.05) is 13.0 Å². The van der Waals surface area contributed by atoms with Crippen molar-refractivity contribution in [1.82, 2.24) is 13.7 Å². The SMILES string of the molecule is CCc1nc2ccc(C3=CCN(S(C)(=O)=O)CC3)cn2c1N(C)C. The van der Waals surface area contributed by atoms with Crippen molar-refractivity contribution in [2.24, 2.45) is 0 Å². The van der Waals surface area contributed by atoms with Gasteiger partial charge in [-0.2, -0.15) is 4.31 Å². The monoisotopic (exact) mass is 348 g/mol. The predicted molar refractivity (Wildman–Crippen MR) is 97.9 cm³/mol. The Labute approximate surface area is 143 Å². The maximum atomic E-state index is 11.6. The van der Waals surface area contributed by atoms with Gasteiger partial charge in [0.25, 0.3) is 0 Å². The Hall–Kier alpha value is -1.86. The van der Waals surface area contributed by atoms with Gasteiger partial charge < -0.3 is 4.90 Å². The number of fused-ring (bicyclic) bond motifs is 1. The topological polar surface area (TPSA) is 57.9 Å². The summed E-state index contributed by atoms with van der Waals surface area (Å²) in [6, 6.07) is 4.11. The molecule has 3 rings (SSSR count). The summed E-state index contributed by atoms with van der Waals surface area (Å²) < 4.78 is 26.9. The molecular formula is C17H24N4O2S. The standard InChI is InChI=1S/C17H24N4O2S/c1-5-15-17(19(2)3)21-12-14(6-7-16(21)18-15)13-8-10-20(11-9-13)24(4,22)23/h6-8,12H,5,9-11H2,1-4H3. The van der Waals surface area contributed by atoms with Crippen molar-refractivity contribution in [1.29, 1.82) is 0 Å². The molecule has 0 saturated carbocycles. The summed E-state index contributed by atoms with van der Waals surface area (Å²) in [5, 5.41) is 0. The average Bonchev–Trinajstić information content (AvgIpc) is 2.92. The zero-order valence-electron chi connectivity index (χ0n) is 14.7. The summed E-state index contributed by atoms with van der Waals surface area (Å²) >= 11 is 0. The van der Waals surface area contributed by atoms with Gasteiger partial charge in [0, 0.05) is 33.4 Å². The molecule has 24 heavy (non-hydrogen) atoms. The number of aromatic nitrogens is 2. The lowest BCUT2D eigenvalue weighted by atomic mass is 10.0. The molecule has 130 valence electrons. The predicted octanol–water partition coefficient (Wildman–Crippen LogP) is 2.01. The van der Waals surface area contributed by atoms with E-state index in [1.54, 1.807) is 0 Å². The molecule has 0 fully saturated rings.